The van der Waals surface area contributed by atoms with Crippen LogP contribution in [-0.4, -0.2) is 44.8 Å². The number of anilines is 1. The number of likely N-dealkylation sites (N-methyl/N-ethyl adjacent to an activating group) is 1. The second kappa shape index (κ2) is 12.2. The number of nitrogens with one attached hydrogen (secondary N) is 1. The Bertz CT molecular complexity index is 1440. The van der Waals surface area contributed by atoms with Crippen LogP contribution in [0.2, 0.25) is 10.0 Å². The molecule has 0 spiro atoms. The molecule has 1 unspecified atom stereocenters. The molecular weight excluding hydrogens is 545 g/mol. The first-order valence-corrected chi connectivity index (χ1v) is 14.2. The van der Waals surface area contributed by atoms with Gasteiger partial charge in [-0.3, -0.25) is 13.9 Å². The number of benzene rings is 3. The molecule has 0 aliphatic heterocycles. The average molecular weight is 577 g/mol. The van der Waals surface area contributed by atoms with Crippen molar-refractivity contribution in [3.63, 3.8) is 0 Å². The number of aryl methyl sites for hydroxylation is 3. The highest BCUT2D eigenvalue weighted by Gasteiger charge is 2.33. The first-order valence-electron chi connectivity index (χ1n) is 12.0. The minimum Gasteiger partial charge on any atom is -0.357 e. The van der Waals surface area contributed by atoms with Crippen molar-refractivity contribution in [2.45, 2.75) is 45.2 Å². The van der Waals surface area contributed by atoms with E-state index in [1.54, 1.807) is 56.3 Å². The Balaban J connectivity index is 2.08. The summed E-state index contributed by atoms with van der Waals surface area (Å²) in [5.74, 6) is -0.967. The molecule has 3 rings (SSSR count). The summed E-state index contributed by atoms with van der Waals surface area (Å²) in [6, 6.07) is 15.7. The van der Waals surface area contributed by atoms with Gasteiger partial charge in [0.2, 0.25) is 11.8 Å². The molecule has 1 N–H and O–H groups in total. The fourth-order valence-electron chi connectivity index (χ4n) is 4.06. The van der Waals surface area contributed by atoms with Crippen LogP contribution >= 0.6 is 23.2 Å². The summed E-state index contributed by atoms with van der Waals surface area (Å²) in [5, 5.41) is 3.32. The Hall–Kier alpha value is -3.07. The highest BCUT2D eigenvalue weighted by molar-refractivity contribution is 7.92. The third kappa shape index (κ3) is 6.67. The molecule has 0 fully saturated rings. The van der Waals surface area contributed by atoms with Crippen LogP contribution in [0.4, 0.5) is 5.69 Å². The Morgan fingerprint density at radius 3 is 2.13 bits per heavy atom. The average Bonchev–Trinajstić information content (AvgIpc) is 2.86. The Morgan fingerprint density at radius 2 is 1.55 bits per heavy atom. The molecular formula is C28H31Cl2N3O4S. The molecule has 0 aliphatic carbocycles. The SMILES string of the molecule is CNC(=O)C(C)N(Cc1ccc(Cl)cc1Cl)C(=O)CN(c1ccc(C)cc1C)S(=O)(=O)c1ccc(C)cc1. The van der Waals surface area contributed by atoms with Gasteiger partial charge in [0.15, 0.2) is 0 Å². The second-order valence-corrected chi connectivity index (χ2v) is 11.9. The first-order chi connectivity index (χ1) is 17.8. The van der Waals surface area contributed by atoms with Gasteiger partial charge in [-0.05, 0) is 69.2 Å². The fourth-order valence-corrected chi connectivity index (χ4v) is 6.01. The maximum absolute atomic E-state index is 13.9. The molecule has 10 heteroatoms. The predicted molar refractivity (Wildman–Crippen MR) is 152 cm³/mol. The van der Waals surface area contributed by atoms with Crippen LogP contribution in [-0.2, 0) is 26.2 Å². The lowest BCUT2D eigenvalue weighted by atomic mass is 10.1. The number of carbonyl (C=O) groups excluding carboxylic acids is 2. The lowest BCUT2D eigenvalue weighted by Gasteiger charge is -2.32. The predicted octanol–water partition coefficient (Wildman–Crippen LogP) is 5.28. The van der Waals surface area contributed by atoms with E-state index in [1.807, 2.05) is 19.9 Å². The van der Waals surface area contributed by atoms with Crippen molar-refractivity contribution in [3.8, 4) is 0 Å². The minimum atomic E-state index is -4.13. The number of carbonyl (C=O) groups is 2. The maximum atomic E-state index is 13.9. The molecule has 2 amide bonds. The molecule has 0 radical (unpaired) electrons. The molecule has 0 bridgehead atoms. The standard InChI is InChI=1S/C28H31Cl2N3O4S/c1-18-6-11-24(12-7-18)38(36,37)33(26-13-8-19(2)14-20(26)3)17-27(34)32(21(4)28(35)31-5)16-22-9-10-23(29)15-25(22)30/h6-15,21H,16-17H2,1-5H3,(H,31,35). The maximum Gasteiger partial charge on any atom is 0.264 e. The van der Waals surface area contributed by atoms with Gasteiger partial charge >= 0.3 is 0 Å². The largest absolute Gasteiger partial charge is 0.357 e. The van der Waals surface area contributed by atoms with Crippen molar-refractivity contribution >= 4 is 50.7 Å². The zero-order valence-corrected chi connectivity index (χ0v) is 24.3. The lowest BCUT2D eigenvalue weighted by Crippen LogP contribution is -2.50. The molecule has 7 nitrogen and oxygen atoms in total. The molecule has 0 saturated heterocycles. The van der Waals surface area contributed by atoms with Gasteiger partial charge in [-0.25, -0.2) is 8.42 Å². The van der Waals surface area contributed by atoms with Crippen LogP contribution in [0, 0.1) is 20.8 Å². The van der Waals surface area contributed by atoms with Crippen molar-refractivity contribution < 1.29 is 18.0 Å². The molecule has 3 aromatic carbocycles. The zero-order valence-electron chi connectivity index (χ0n) is 22.0. The van der Waals surface area contributed by atoms with Crippen molar-refractivity contribution in [2.75, 3.05) is 17.9 Å². The van der Waals surface area contributed by atoms with Crippen LogP contribution in [0.3, 0.4) is 0 Å². The molecule has 202 valence electrons. The number of hydrogen-bond acceptors (Lipinski definition) is 4. The summed E-state index contributed by atoms with van der Waals surface area (Å²) in [6.07, 6.45) is 0. The van der Waals surface area contributed by atoms with Gasteiger partial charge in [-0.2, -0.15) is 0 Å². The van der Waals surface area contributed by atoms with Crippen molar-refractivity contribution in [3.05, 3.63) is 93.0 Å². The van der Waals surface area contributed by atoms with Crippen LogP contribution in [0.5, 0.6) is 0 Å². The van der Waals surface area contributed by atoms with Gasteiger partial charge in [-0.1, -0.05) is 64.7 Å². The third-order valence-corrected chi connectivity index (χ3v) is 8.64. The van der Waals surface area contributed by atoms with Crippen LogP contribution in [0.1, 0.15) is 29.2 Å². The van der Waals surface area contributed by atoms with Crippen LogP contribution in [0.25, 0.3) is 0 Å². The Morgan fingerprint density at radius 1 is 0.921 bits per heavy atom. The van der Waals surface area contributed by atoms with E-state index in [0.717, 1.165) is 15.4 Å². The molecule has 3 aromatic rings. The summed E-state index contributed by atoms with van der Waals surface area (Å²) in [5.41, 5.74) is 3.50. The van der Waals surface area contributed by atoms with E-state index in [2.05, 4.69) is 5.32 Å². The van der Waals surface area contributed by atoms with E-state index >= 15 is 0 Å². The van der Waals surface area contributed by atoms with E-state index in [4.69, 9.17) is 23.2 Å². The first kappa shape index (κ1) is 29.5. The van der Waals surface area contributed by atoms with E-state index in [9.17, 15) is 18.0 Å². The monoisotopic (exact) mass is 575 g/mol. The summed E-state index contributed by atoms with van der Waals surface area (Å²) >= 11 is 12.4. The van der Waals surface area contributed by atoms with Gasteiger partial charge < -0.3 is 10.2 Å². The molecule has 0 saturated carbocycles. The van der Waals surface area contributed by atoms with Gasteiger partial charge in [0, 0.05) is 23.6 Å². The van der Waals surface area contributed by atoms with Gasteiger partial charge in [-0.15, -0.1) is 0 Å². The van der Waals surface area contributed by atoms with Gasteiger partial charge in [0.1, 0.15) is 12.6 Å². The second-order valence-electron chi connectivity index (χ2n) is 9.16. The normalized spacial score (nSPS) is 12.1. The molecule has 0 aromatic heterocycles. The summed E-state index contributed by atoms with van der Waals surface area (Å²) in [4.78, 5) is 27.8. The number of sulfonamides is 1. The van der Waals surface area contributed by atoms with E-state index < -0.39 is 34.4 Å². The highest BCUT2D eigenvalue weighted by atomic mass is 35.5. The topological polar surface area (TPSA) is 86.8 Å². The number of halogens is 2. The Labute approximate surface area is 234 Å². The third-order valence-electron chi connectivity index (χ3n) is 6.28. The molecule has 0 aliphatic rings. The number of rotatable bonds is 9. The van der Waals surface area contributed by atoms with Gasteiger partial charge in [0.05, 0.1) is 10.6 Å². The highest BCUT2D eigenvalue weighted by Crippen LogP contribution is 2.29. The number of nitrogens with zero attached hydrogens (tertiary/aromatic N) is 2. The van der Waals surface area contributed by atoms with Crippen LogP contribution < -0.4 is 9.62 Å². The fraction of sp³-hybridized carbons (Fsp3) is 0.286. The summed E-state index contributed by atoms with van der Waals surface area (Å²) in [6.45, 7) is 6.60. The van der Waals surface area contributed by atoms with E-state index in [1.165, 1.54) is 24.1 Å². The summed E-state index contributed by atoms with van der Waals surface area (Å²) < 4.78 is 28.9. The van der Waals surface area contributed by atoms with Crippen molar-refractivity contribution in [2.24, 2.45) is 0 Å². The lowest BCUT2D eigenvalue weighted by molar-refractivity contribution is -0.139. The molecule has 38 heavy (non-hydrogen) atoms. The smallest absolute Gasteiger partial charge is 0.264 e. The quantitative estimate of drug-likeness (QED) is 0.376. The minimum absolute atomic E-state index is 0.0191. The number of hydrogen-bond donors (Lipinski definition) is 1. The molecule has 0 heterocycles. The number of amides is 2. The molecule has 1 atom stereocenters. The van der Waals surface area contributed by atoms with E-state index in [-0.39, 0.29) is 11.4 Å². The van der Waals surface area contributed by atoms with Crippen LogP contribution in [0.15, 0.2) is 65.6 Å². The van der Waals surface area contributed by atoms with Crippen molar-refractivity contribution in [1.29, 1.82) is 0 Å². The van der Waals surface area contributed by atoms with Crippen molar-refractivity contribution in [1.82, 2.24) is 10.2 Å². The van der Waals surface area contributed by atoms with E-state index in [0.29, 0.717) is 26.9 Å². The summed E-state index contributed by atoms with van der Waals surface area (Å²) in [7, 11) is -2.66. The van der Waals surface area contributed by atoms with Gasteiger partial charge in [0.25, 0.3) is 10.0 Å². The zero-order chi connectivity index (χ0) is 28.2. The Kier molecular flexibility index (Phi) is 9.46.